The molecule has 21 heavy (non-hydrogen) atoms. The van der Waals surface area contributed by atoms with Crippen LogP contribution in [0.5, 0.6) is 0 Å². The minimum atomic E-state index is -4.88. The van der Waals surface area contributed by atoms with Crippen molar-refractivity contribution in [3.8, 4) is 0 Å². The quantitative estimate of drug-likeness (QED) is 0.766. The van der Waals surface area contributed by atoms with E-state index in [2.05, 4.69) is 0 Å². The van der Waals surface area contributed by atoms with Gasteiger partial charge in [0.05, 0.1) is 17.2 Å². The van der Waals surface area contributed by atoms with Crippen LogP contribution >= 0.6 is 0 Å². The molecule has 0 radical (unpaired) electrons. The van der Waals surface area contributed by atoms with E-state index in [-0.39, 0.29) is 17.5 Å². The molecule has 1 unspecified atom stereocenters. The smallest absolute Gasteiger partial charge is 0.388 e. The maximum atomic E-state index is 12.7. The van der Waals surface area contributed by atoms with Crippen LogP contribution in [0.3, 0.4) is 0 Å². The first kappa shape index (κ1) is 16.1. The number of hydrogen-bond acceptors (Lipinski definition) is 1. The summed E-state index contributed by atoms with van der Waals surface area (Å²) in [5, 5.41) is 10.1. The monoisotopic (exact) mass is 312 g/mol. The highest BCUT2D eigenvalue weighted by molar-refractivity contribution is 5.35. The van der Waals surface area contributed by atoms with Gasteiger partial charge >= 0.3 is 12.4 Å². The van der Waals surface area contributed by atoms with E-state index in [9.17, 15) is 31.4 Å². The summed E-state index contributed by atoms with van der Waals surface area (Å²) in [5.41, 5.74) is -3.09. The fourth-order valence-electron chi connectivity index (χ4n) is 2.70. The predicted octanol–water partition coefficient (Wildman–Crippen LogP) is 4.95. The van der Waals surface area contributed by atoms with E-state index in [0.29, 0.717) is 25.0 Å². The van der Waals surface area contributed by atoms with Crippen molar-refractivity contribution in [2.24, 2.45) is 5.92 Å². The first-order valence-electron chi connectivity index (χ1n) is 6.56. The van der Waals surface area contributed by atoms with Gasteiger partial charge in [0.15, 0.2) is 0 Å². The Balaban J connectivity index is 2.44. The summed E-state index contributed by atoms with van der Waals surface area (Å²) in [4.78, 5) is 0. The lowest BCUT2D eigenvalue weighted by molar-refractivity contribution is -0.143. The molecular weight excluding hydrogens is 298 g/mol. The van der Waals surface area contributed by atoms with Gasteiger partial charge in [-0.15, -0.1) is 0 Å². The second kappa shape index (κ2) is 5.51. The molecule has 1 aromatic carbocycles. The standard InChI is InChI=1S/C14H14F6O/c15-13(16,17)10-5-9(6-11(7-10)14(18,19)20)12(21)8-3-1-2-4-8/h5-8,12,21H,1-4H2. The van der Waals surface area contributed by atoms with Gasteiger partial charge in [-0.05, 0) is 42.5 Å². The maximum Gasteiger partial charge on any atom is 0.416 e. The van der Waals surface area contributed by atoms with Crippen LogP contribution < -0.4 is 0 Å². The van der Waals surface area contributed by atoms with Crippen molar-refractivity contribution in [2.75, 3.05) is 0 Å². The molecule has 0 heterocycles. The van der Waals surface area contributed by atoms with Crippen LogP contribution in [0, 0.1) is 5.92 Å². The maximum absolute atomic E-state index is 12.7. The van der Waals surface area contributed by atoms with Crippen LogP contribution in [0.15, 0.2) is 18.2 Å². The third-order valence-corrected chi connectivity index (χ3v) is 3.80. The van der Waals surface area contributed by atoms with Gasteiger partial charge in [0, 0.05) is 0 Å². The Labute approximate surface area is 117 Å². The molecule has 1 nitrogen and oxygen atoms in total. The highest BCUT2D eigenvalue weighted by Crippen LogP contribution is 2.41. The lowest BCUT2D eigenvalue weighted by Crippen LogP contribution is -2.15. The highest BCUT2D eigenvalue weighted by Gasteiger charge is 2.38. The predicted molar refractivity (Wildman–Crippen MR) is 63.4 cm³/mol. The molecule has 1 N–H and O–H groups in total. The van der Waals surface area contributed by atoms with Crippen LogP contribution in [0.2, 0.25) is 0 Å². The first-order valence-corrected chi connectivity index (χ1v) is 6.56. The summed E-state index contributed by atoms with van der Waals surface area (Å²) in [7, 11) is 0. The Kier molecular flexibility index (Phi) is 4.24. The molecule has 1 atom stereocenters. The summed E-state index contributed by atoms with van der Waals surface area (Å²) in [6.07, 6.45) is -8.19. The van der Waals surface area contributed by atoms with Gasteiger partial charge in [-0.1, -0.05) is 12.8 Å². The fraction of sp³-hybridized carbons (Fsp3) is 0.571. The van der Waals surface area contributed by atoms with E-state index in [0.717, 1.165) is 12.8 Å². The zero-order chi connectivity index (χ0) is 15.8. The summed E-state index contributed by atoms with van der Waals surface area (Å²) < 4.78 is 76.4. The molecule has 1 aliphatic carbocycles. The fourth-order valence-corrected chi connectivity index (χ4v) is 2.70. The number of benzene rings is 1. The van der Waals surface area contributed by atoms with Crippen LogP contribution in [-0.2, 0) is 12.4 Å². The van der Waals surface area contributed by atoms with Crippen LogP contribution in [0.4, 0.5) is 26.3 Å². The Morgan fingerprint density at radius 1 is 0.857 bits per heavy atom. The van der Waals surface area contributed by atoms with Gasteiger partial charge < -0.3 is 5.11 Å². The van der Waals surface area contributed by atoms with Crippen LogP contribution in [0.1, 0.15) is 48.5 Å². The third-order valence-electron chi connectivity index (χ3n) is 3.80. The molecule has 1 aliphatic rings. The van der Waals surface area contributed by atoms with Gasteiger partial charge in [-0.3, -0.25) is 0 Å². The first-order chi connectivity index (χ1) is 9.59. The molecule has 2 rings (SSSR count). The number of aliphatic hydroxyl groups is 1. The molecule has 0 bridgehead atoms. The average molecular weight is 312 g/mol. The van der Waals surface area contributed by atoms with Crippen molar-refractivity contribution in [3.63, 3.8) is 0 Å². The topological polar surface area (TPSA) is 20.2 Å². The van der Waals surface area contributed by atoms with Gasteiger partial charge in [0.1, 0.15) is 0 Å². The summed E-state index contributed by atoms with van der Waals surface area (Å²) in [6, 6.07) is 1.29. The Bertz CT molecular complexity index is 467. The Morgan fingerprint density at radius 3 is 1.67 bits per heavy atom. The number of hydrogen-bond donors (Lipinski definition) is 1. The minimum absolute atomic E-state index is 0.0743. The second-order valence-corrected chi connectivity index (χ2v) is 5.33. The van der Waals surface area contributed by atoms with E-state index < -0.39 is 29.6 Å². The van der Waals surface area contributed by atoms with Crippen molar-refractivity contribution >= 4 is 0 Å². The van der Waals surface area contributed by atoms with Crippen LogP contribution in [-0.4, -0.2) is 5.11 Å². The van der Waals surface area contributed by atoms with Crippen molar-refractivity contribution < 1.29 is 31.4 Å². The van der Waals surface area contributed by atoms with E-state index in [1.165, 1.54) is 0 Å². The van der Waals surface area contributed by atoms with Crippen LogP contribution in [0.25, 0.3) is 0 Å². The summed E-state index contributed by atoms with van der Waals surface area (Å²) in [6.45, 7) is 0. The molecule has 0 spiro atoms. The number of aliphatic hydroxyl groups excluding tert-OH is 1. The normalized spacial score (nSPS) is 19.0. The van der Waals surface area contributed by atoms with E-state index >= 15 is 0 Å². The number of halogens is 6. The van der Waals surface area contributed by atoms with Crippen molar-refractivity contribution in [1.82, 2.24) is 0 Å². The number of alkyl halides is 6. The molecule has 0 aromatic heterocycles. The average Bonchev–Trinajstić information content (AvgIpc) is 2.89. The van der Waals surface area contributed by atoms with Gasteiger partial charge in [-0.25, -0.2) is 0 Å². The molecule has 7 heteroatoms. The largest absolute Gasteiger partial charge is 0.416 e. The molecule has 0 amide bonds. The lowest BCUT2D eigenvalue weighted by Gasteiger charge is -2.21. The molecule has 0 saturated heterocycles. The zero-order valence-corrected chi connectivity index (χ0v) is 10.9. The molecule has 1 saturated carbocycles. The van der Waals surface area contributed by atoms with Crippen molar-refractivity contribution in [3.05, 3.63) is 34.9 Å². The summed E-state index contributed by atoms with van der Waals surface area (Å²) >= 11 is 0. The summed E-state index contributed by atoms with van der Waals surface area (Å²) in [5.74, 6) is -0.283. The van der Waals surface area contributed by atoms with Gasteiger partial charge in [0.25, 0.3) is 0 Å². The third kappa shape index (κ3) is 3.70. The SMILES string of the molecule is OC(c1cc(C(F)(F)F)cc(C(F)(F)F)c1)C1CCCC1. The second-order valence-electron chi connectivity index (χ2n) is 5.33. The van der Waals surface area contributed by atoms with E-state index in [1.807, 2.05) is 0 Å². The van der Waals surface area contributed by atoms with Crippen molar-refractivity contribution in [1.29, 1.82) is 0 Å². The number of rotatable bonds is 2. The Hall–Kier alpha value is -1.24. The van der Waals surface area contributed by atoms with Crippen molar-refractivity contribution in [2.45, 2.75) is 44.1 Å². The highest BCUT2D eigenvalue weighted by atomic mass is 19.4. The molecular formula is C14H14F6O. The molecule has 118 valence electrons. The molecule has 0 aliphatic heterocycles. The van der Waals surface area contributed by atoms with E-state index in [4.69, 9.17) is 0 Å². The zero-order valence-electron chi connectivity index (χ0n) is 10.9. The van der Waals surface area contributed by atoms with Gasteiger partial charge in [0.2, 0.25) is 0 Å². The molecule has 1 fully saturated rings. The minimum Gasteiger partial charge on any atom is -0.388 e. The van der Waals surface area contributed by atoms with E-state index in [1.54, 1.807) is 0 Å². The Morgan fingerprint density at radius 2 is 1.29 bits per heavy atom. The van der Waals surface area contributed by atoms with Gasteiger partial charge in [-0.2, -0.15) is 26.3 Å². The lowest BCUT2D eigenvalue weighted by atomic mass is 9.92. The molecule has 1 aromatic rings.